The van der Waals surface area contributed by atoms with Gasteiger partial charge in [-0.2, -0.15) is 0 Å². The van der Waals surface area contributed by atoms with Crippen molar-refractivity contribution in [1.82, 2.24) is 0 Å². The Bertz CT molecular complexity index is 518. The van der Waals surface area contributed by atoms with Crippen LogP contribution in [0.25, 0.3) is 0 Å². The lowest BCUT2D eigenvalue weighted by molar-refractivity contribution is -0.670. The van der Waals surface area contributed by atoms with Crippen molar-refractivity contribution < 1.29 is 10.1 Å². The van der Waals surface area contributed by atoms with E-state index in [0.717, 1.165) is 36.9 Å². The van der Waals surface area contributed by atoms with Crippen LogP contribution < -0.4 is 15.9 Å². The minimum absolute atomic E-state index is 0.944. The van der Waals surface area contributed by atoms with Gasteiger partial charge in [0, 0.05) is 0 Å². The lowest BCUT2D eigenvalue weighted by Gasteiger charge is -2.29. The number of benzene rings is 2. The molecule has 1 saturated heterocycles. The van der Waals surface area contributed by atoms with Crippen LogP contribution in [-0.2, 0) is 28.8 Å². The van der Waals surface area contributed by atoms with Crippen LogP contribution in [0.5, 0.6) is 0 Å². The molecule has 1 aliphatic heterocycles. The second kappa shape index (κ2) is 8.72. The summed E-state index contributed by atoms with van der Waals surface area (Å²) in [4.78, 5) is 0. The number of hydrogen-bond donors (Lipinski definition) is 1. The molecule has 0 atom stereocenters. The van der Waals surface area contributed by atoms with Crippen LogP contribution in [0.4, 0.5) is 0 Å². The van der Waals surface area contributed by atoms with Gasteiger partial charge in [-0.3, -0.25) is 0 Å². The van der Waals surface area contributed by atoms with Crippen LogP contribution in [0.2, 0.25) is 0 Å². The maximum absolute atomic E-state index is 5.60. The van der Waals surface area contributed by atoms with Crippen molar-refractivity contribution in [3.05, 3.63) is 60.7 Å². The lowest BCUT2D eigenvalue weighted by Crippen LogP contribution is -2.87. The van der Waals surface area contributed by atoms with Crippen molar-refractivity contribution >= 4 is 39.9 Å². The standard InChI is InChI=1S/C12H11PS2.C4H9NO/c14-13(15,11-7-3-1-4-8-11)12-9-5-2-6-10-12;1-3-6-4-2-5-1/h1-10H,(H,14,15);5H,1-4H2. The SMILES string of the molecule is C1COCC[NH2+]1.S=P([S-])(c1ccccc1)c1ccccc1. The van der Waals surface area contributed by atoms with Crippen LogP contribution in [0.1, 0.15) is 0 Å². The van der Waals surface area contributed by atoms with Crippen molar-refractivity contribution in [2.24, 2.45) is 0 Å². The number of morpholine rings is 1. The monoisotopic (exact) mass is 337 g/mol. The highest BCUT2D eigenvalue weighted by molar-refractivity contribution is 8.60. The minimum atomic E-state index is -1.98. The molecule has 3 rings (SSSR count). The van der Waals surface area contributed by atoms with Crippen LogP contribution in [0.15, 0.2) is 60.7 Å². The molecule has 0 bridgehead atoms. The molecule has 0 radical (unpaired) electrons. The highest BCUT2D eigenvalue weighted by atomic mass is 32.9. The van der Waals surface area contributed by atoms with Crippen molar-refractivity contribution in [3.8, 4) is 0 Å². The normalized spacial score (nSPS) is 14.9. The summed E-state index contributed by atoms with van der Waals surface area (Å²) in [6.07, 6.45) is 0. The fourth-order valence-electron chi connectivity index (χ4n) is 1.98. The minimum Gasteiger partial charge on any atom is -0.738 e. The maximum Gasteiger partial charge on any atom is 0.0993 e. The average Bonchev–Trinajstić information content (AvgIpc) is 2.59. The van der Waals surface area contributed by atoms with E-state index in [4.69, 9.17) is 28.8 Å². The Hall–Kier alpha value is -0.640. The van der Waals surface area contributed by atoms with E-state index in [1.807, 2.05) is 60.7 Å². The first kappa shape index (κ1) is 16.7. The summed E-state index contributed by atoms with van der Waals surface area (Å²) in [5, 5.41) is 2.48. The summed E-state index contributed by atoms with van der Waals surface area (Å²) < 4.78 is 5.04. The maximum atomic E-state index is 5.60. The quantitative estimate of drug-likeness (QED) is 0.658. The van der Waals surface area contributed by atoms with Crippen LogP contribution in [0.3, 0.4) is 0 Å². The zero-order valence-electron chi connectivity index (χ0n) is 11.9. The van der Waals surface area contributed by atoms with Gasteiger partial charge in [0.25, 0.3) is 0 Å². The molecule has 0 aliphatic carbocycles. The molecule has 2 aromatic carbocycles. The van der Waals surface area contributed by atoms with Gasteiger partial charge in [-0.25, -0.2) is 0 Å². The van der Waals surface area contributed by atoms with Crippen LogP contribution >= 0.6 is 5.24 Å². The molecule has 0 spiro atoms. The molecule has 5 heteroatoms. The second-order valence-corrected chi connectivity index (χ2v) is 10.8. The van der Waals surface area contributed by atoms with Gasteiger partial charge in [0.1, 0.15) is 0 Å². The summed E-state index contributed by atoms with van der Waals surface area (Å²) in [5.41, 5.74) is 0. The third kappa shape index (κ3) is 5.24. The van der Waals surface area contributed by atoms with E-state index in [9.17, 15) is 0 Å². The molecule has 21 heavy (non-hydrogen) atoms. The number of rotatable bonds is 2. The second-order valence-electron chi connectivity index (χ2n) is 4.70. The predicted molar refractivity (Wildman–Crippen MR) is 96.3 cm³/mol. The topological polar surface area (TPSA) is 25.8 Å². The third-order valence-electron chi connectivity index (χ3n) is 3.12. The van der Waals surface area contributed by atoms with Gasteiger partial charge in [-0.1, -0.05) is 60.7 Å². The van der Waals surface area contributed by atoms with Crippen molar-refractivity contribution in [2.75, 3.05) is 26.3 Å². The Labute approximate surface area is 137 Å². The Kier molecular flexibility index (Phi) is 6.94. The first-order valence-corrected chi connectivity index (χ1v) is 10.8. The molecule has 112 valence electrons. The highest BCUT2D eigenvalue weighted by Crippen LogP contribution is 2.40. The Morgan fingerprint density at radius 2 is 1.29 bits per heavy atom. The molecule has 1 aliphatic rings. The van der Waals surface area contributed by atoms with Gasteiger partial charge in [0.2, 0.25) is 0 Å². The van der Waals surface area contributed by atoms with Gasteiger partial charge in [0.15, 0.2) is 0 Å². The molecule has 2 N–H and O–H groups in total. The predicted octanol–water partition coefficient (Wildman–Crippen LogP) is 1.16. The third-order valence-corrected chi connectivity index (χ3v) is 7.61. The first-order chi connectivity index (χ1) is 10.2. The van der Waals surface area contributed by atoms with Crippen LogP contribution in [-0.4, -0.2) is 26.3 Å². The van der Waals surface area contributed by atoms with Crippen LogP contribution in [0, 0.1) is 0 Å². The summed E-state index contributed by atoms with van der Waals surface area (Å²) >= 11 is 11.2. The number of ether oxygens (including phenoxy) is 1. The molecule has 0 saturated carbocycles. The smallest absolute Gasteiger partial charge is 0.0993 e. The Balaban J connectivity index is 0.000000225. The van der Waals surface area contributed by atoms with E-state index in [-0.39, 0.29) is 0 Å². The summed E-state index contributed by atoms with van der Waals surface area (Å²) in [7, 11) is 0. The van der Waals surface area contributed by atoms with E-state index in [0.29, 0.717) is 0 Å². The van der Waals surface area contributed by atoms with E-state index in [2.05, 4.69) is 5.32 Å². The van der Waals surface area contributed by atoms with Crippen molar-refractivity contribution in [2.45, 2.75) is 0 Å². The van der Waals surface area contributed by atoms with Crippen molar-refractivity contribution in [3.63, 3.8) is 0 Å². The van der Waals surface area contributed by atoms with E-state index < -0.39 is 5.24 Å². The fourth-order valence-corrected chi connectivity index (χ4v) is 4.87. The number of hydrogen-bond acceptors (Lipinski definition) is 3. The van der Waals surface area contributed by atoms with Gasteiger partial charge < -0.3 is 22.3 Å². The molecule has 1 heterocycles. The zero-order chi connectivity index (χ0) is 15.0. The average molecular weight is 337 g/mol. The van der Waals surface area contributed by atoms with Crippen molar-refractivity contribution in [1.29, 1.82) is 0 Å². The molecule has 0 unspecified atom stereocenters. The van der Waals surface area contributed by atoms with E-state index in [1.54, 1.807) is 0 Å². The van der Waals surface area contributed by atoms with E-state index >= 15 is 0 Å². The largest absolute Gasteiger partial charge is 0.738 e. The number of quaternary nitrogens is 1. The molecule has 0 aromatic heterocycles. The fraction of sp³-hybridized carbons (Fsp3) is 0.250. The molecule has 2 aromatic rings. The Morgan fingerprint density at radius 1 is 0.857 bits per heavy atom. The molecule has 0 amide bonds. The zero-order valence-corrected chi connectivity index (χ0v) is 14.4. The Morgan fingerprint density at radius 3 is 1.57 bits per heavy atom. The number of nitrogens with two attached hydrogens (primary N) is 1. The summed E-state index contributed by atoms with van der Waals surface area (Å²) in [6, 6.07) is 20.1. The molecule has 2 nitrogen and oxygen atoms in total. The summed E-state index contributed by atoms with van der Waals surface area (Å²) in [6.45, 7) is 4.19. The molecular weight excluding hydrogens is 317 g/mol. The molecular formula is C16H20NOPS2. The molecule has 1 fully saturated rings. The highest BCUT2D eigenvalue weighted by Gasteiger charge is 2.06. The van der Waals surface area contributed by atoms with E-state index in [1.165, 1.54) is 0 Å². The summed E-state index contributed by atoms with van der Waals surface area (Å²) in [5.74, 6) is 0. The van der Waals surface area contributed by atoms with Gasteiger partial charge in [-0.05, 0) is 10.6 Å². The first-order valence-electron chi connectivity index (χ1n) is 7.03. The van der Waals surface area contributed by atoms with Gasteiger partial charge >= 0.3 is 0 Å². The van der Waals surface area contributed by atoms with Gasteiger partial charge in [0.05, 0.1) is 26.3 Å². The lowest BCUT2D eigenvalue weighted by atomic mass is 10.4. The van der Waals surface area contributed by atoms with Gasteiger partial charge in [-0.15, -0.1) is 17.0 Å².